The second-order valence-electron chi connectivity index (χ2n) is 4.21. The van der Waals surface area contributed by atoms with Crippen molar-refractivity contribution in [2.75, 3.05) is 13.1 Å². The van der Waals surface area contributed by atoms with Crippen LogP contribution in [0.4, 0.5) is 4.39 Å². The second-order valence-corrected chi connectivity index (χ2v) is 4.21. The maximum absolute atomic E-state index is 13.2. The summed E-state index contributed by atoms with van der Waals surface area (Å²) in [5.41, 5.74) is 0.464. The summed E-state index contributed by atoms with van der Waals surface area (Å²) in [6, 6.07) is 0.442. The molecule has 4 heteroatoms. The SMILES string of the molecule is CC(C)N1CCCC(=C(F)C(=O)O)CC1. The lowest BCUT2D eigenvalue weighted by atomic mass is 10.1. The summed E-state index contributed by atoms with van der Waals surface area (Å²) in [6.07, 6.45) is 1.95. The molecule has 86 valence electrons. The van der Waals surface area contributed by atoms with Crippen LogP contribution >= 0.6 is 0 Å². The predicted molar refractivity (Wildman–Crippen MR) is 56.3 cm³/mol. The number of hydrogen-bond donors (Lipinski definition) is 1. The van der Waals surface area contributed by atoms with Gasteiger partial charge in [0.05, 0.1) is 0 Å². The zero-order valence-corrected chi connectivity index (χ0v) is 9.29. The highest BCUT2D eigenvalue weighted by atomic mass is 19.1. The summed E-state index contributed by atoms with van der Waals surface area (Å²) < 4.78 is 13.2. The van der Waals surface area contributed by atoms with Crippen LogP contribution in [0.1, 0.15) is 33.1 Å². The third-order valence-corrected chi connectivity index (χ3v) is 2.85. The molecule has 1 fully saturated rings. The number of nitrogens with zero attached hydrogens (tertiary/aromatic N) is 1. The first kappa shape index (κ1) is 12.2. The monoisotopic (exact) mass is 215 g/mol. The quantitative estimate of drug-likeness (QED) is 0.718. The Labute approximate surface area is 89.6 Å². The van der Waals surface area contributed by atoms with Gasteiger partial charge in [-0.25, -0.2) is 4.79 Å². The van der Waals surface area contributed by atoms with E-state index in [1.165, 1.54) is 0 Å². The molecule has 0 amide bonds. The minimum atomic E-state index is -1.43. The van der Waals surface area contributed by atoms with E-state index in [2.05, 4.69) is 18.7 Å². The number of aliphatic carboxylic acids is 1. The van der Waals surface area contributed by atoms with Crippen molar-refractivity contribution < 1.29 is 14.3 Å². The van der Waals surface area contributed by atoms with Gasteiger partial charge in [-0.2, -0.15) is 4.39 Å². The van der Waals surface area contributed by atoms with Gasteiger partial charge in [-0.1, -0.05) is 0 Å². The molecule has 0 aromatic rings. The van der Waals surface area contributed by atoms with Crippen LogP contribution in [0.3, 0.4) is 0 Å². The van der Waals surface area contributed by atoms with Gasteiger partial charge in [0.15, 0.2) is 0 Å². The Bertz CT molecular complexity index is 274. The summed E-state index contributed by atoms with van der Waals surface area (Å²) in [7, 11) is 0. The molecular weight excluding hydrogens is 197 g/mol. The Morgan fingerprint density at radius 3 is 2.60 bits per heavy atom. The highest BCUT2D eigenvalue weighted by molar-refractivity contribution is 5.84. The smallest absolute Gasteiger partial charge is 0.364 e. The van der Waals surface area contributed by atoms with E-state index in [4.69, 9.17) is 5.11 Å². The van der Waals surface area contributed by atoms with E-state index in [1.807, 2.05) is 0 Å². The van der Waals surface area contributed by atoms with Crippen LogP contribution in [-0.2, 0) is 4.79 Å². The maximum Gasteiger partial charge on any atom is 0.364 e. The third-order valence-electron chi connectivity index (χ3n) is 2.85. The van der Waals surface area contributed by atoms with Crippen molar-refractivity contribution in [1.82, 2.24) is 4.90 Å². The highest BCUT2D eigenvalue weighted by Gasteiger charge is 2.19. The zero-order chi connectivity index (χ0) is 11.4. The van der Waals surface area contributed by atoms with Crippen molar-refractivity contribution in [2.24, 2.45) is 0 Å². The van der Waals surface area contributed by atoms with Crippen LogP contribution in [-0.4, -0.2) is 35.1 Å². The molecule has 15 heavy (non-hydrogen) atoms. The molecule has 1 aliphatic heterocycles. The Morgan fingerprint density at radius 2 is 2.07 bits per heavy atom. The van der Waals surface area contributed by atoms with Crippen LogP contribution in [0.15, 0.2) is 11.4 Å². The van der Waals surface area contributed by atoms with Crippen LogP contribution in [0, 0.1) is 0 Å². The van der Waals surface area contributed by atoms with Gasteiger partial charge in [0.1, 0.15) is 0 Å². The molecule has 0 unspecified atom stereocenters. The minimum absolute atomic E-state index is 0.442. The van der Waals surface area contributed by atoms with Crippen LogP contribution in [0.2, 0.25) is 0 Å². The number of carboxylic acids is 1. The van der Waals surface area contributed by atoms with Gasteiger partial charge in [-0.3, -0.25) is 0 Å². The van der Waals surface area contributed by atoms with Gasteiger partial charge in [-0.05, 0) is 45.2 Å². The number of likely N-dealkylation sites (tertiary alicyclic amines) is 1. The van der Waals surface area contributed by atoms with Crippen molar-refractivity contribution in [3.8, 4) is 0 Å². The van der Waals surface area contributed by atoms with E-state index in [-0.39, 0.29) is 0 Å². The standard InChI is InChI=1S/C11H18FNO2/c1-8(2)13-6-3-4-9(5-7-13)10(12)11(14)15/h8H,3-7H2,1-2H3,(H,14,15). The molecule has 1 N–H and O–H groups in total. The van der Waals surface area contributed by atoms with Crippen molar-refractivity contribution >= 4 is 5.97 Å². The lowest BCUT2D eigenvalue weighted by molar-refractivity contribution is -0.134. The molecule has 0 saturated carbocycles. The molecule has 1 saturated heterocycles. The molecule has 0 aromatic carbocycles. The zero-order valence-electron chi connectivity index (χ0n) is 9.29. The Kier molecular flexibility index (Phi) is 4.27. The molecule has 3 nitrogen and oxygen atoms in total. The van der Waals surface area contributed by atoms with Gasteiger partial charge in [0, 0.05) is 12.6 Å². The first-order chi connectivity index (χ1) is 7.02. The van der Waals surface area contributed by atoms with E-state index >= 15 is 0 Å². The molecule has 0 radical (unpaired) electrons. The van der Waals surface area contributed by atoms with Crippen molar-refractivity contribution in [1.29, 1.82) is 0 Å². The van der Waals surface area contributed by atoms with Gasteiger partial charge in [-0.15, -0.1) is 0 Å². The molecule has 0 bridgehead atoms. The number of hydrogen-bond acceptors (Lipinski definition) is 2. The Balaban J connectivity index is 2.68. The average Bonchev–Trinajstić information content (AvgIpc) is 2.41. The van der Waals surface area contributed by atoms with Gasteiger partial charge in [0.25, 0.3) is 0 Å². The van der Waals surface area contributed by atoms with Gasteiger partial charge >= 0.3 is 5.97 Å². The van der Waals surface area contributed by atoms with E-state index in [1.54, 1.807) is 0 Å². The molecule has 0 spiro atoms. The largest absolute Gasteiger partial charge is 0.476 e. The molecule has 1 aliphatic rings. The molecule has 1 heterocycles. The summed E-state index contributed by atoms with van der Waals surface area (Å²) in [5.74, 6) is -2.37. The molecule has 1 rings (SSSR count). The molecular formula is C11H18FNO2. The topological polar surface area (TPSA) is 40.5 Å². The predicted octanol–water partition coefficient (Wildman–Crippen LogP) is 2.19. The lowest BCUT2D eigenvalue weighted by Gasteiger charge is -2.23. The molecule has 0 aromatic heterocycles. The third kappa shape index (κ3) is 3.30. The summed E-state index contributed by atoms with van der Waals surface area (Å²) in [4.78, 5) is 12.7. The Morgan fingerprint density at radius 1 is 1.40 bits per heavy atom. The second kappa shape index (κ2) is 5.26. The van der Waals surface area contributed by atoms with Gasteiger partial charge in [0.2, 0.25) is 5.83 Å². The fraction of sp³-hybridized carbons (Fsp3) is 0.727. The fourth-order valence-electron chi connectivity index (χ4n) is 1.90. The van der Waals surface area contributed by atoms with E-state index in [0.29, 0.717) is 24.5 Å². The van der Waals surface area contributed by atoms with E-state index in [9.17, 15) is 9.18 Å². The fourth-order valence-corrected chi connectivity index (χ4v) is 1.90. The maximum atomic E-state index is 13.2. The lowest BCUT2D eigenvalue weighted by Crippen LogP contribution is -2.31. The van der Waals surface area contributed by atoms with Gasteiger partial charge < -0.3 is 10.0 Å². The summed E-state index contributed by atoms with van der Waals surface area (Å²) >= 11 is 0. The van der Waals surface area contributed by atoms with Crippen molar-refractivity contribution in [3.05, 3.63) is 11.4 Å². The van der Waals surface area contributed by atoms with Crippen LogP contribution < -0.4 is 0 Å². The molecule has 0 aliphatic carbocycles. The van der Waals surface area contributed by atoms with Crippen LogP contribution in [0.25, 0.3) is 0 Å². The summed E-state index contributed by atoms with van der Waals surface area (Å²) in [6.45, 7) is 5.88. The number of carboxylic acid groups (broad SMARTS) is 1. The minimum Gasteiger partial charge on any atom is -0.476 e. The van der Waals surface area contributed by atoms with Crippen molar-refractivity contribution in [3.63, 3.8) is 0 Å². The van der Waals surface area contributed by atoms with E-state index < -0.39 is 11.8 Å². The van der Waals surface area contributed by atoms with E-state index in [0.717, 1.165) is 19.5 Å². The number of halogens is 1. The first-order valence-corrected chi connectivity index (χ1v) is 5.37. The number of rotatable bonds is 2. The van der Waals surface area contributed by atoms with Crippen LogP contribution in [0.5, 0.6) is 0 Å². The van der Waals surface area contributed by atoms with Crippen molar-refractivity contribution in [2.45, 2.75) is 39.2 Å². The average molecular weight is 215 g/mol. The molecule has 0 atom stereocenters. The summed E-state index contributed by atoms with van der Waals surface area (Å²) in [5, 5.41) is 8.55. The first-order valence-electron chi connectivity index (χ1n) is 5.37. The Hall–Kier alpha value is -0.900. The number of carbonyl (C=O) groups is 1. The normalized spacial score (nSPS) is 22.7. The highest BCUT2D eigenvalue weighted by Crippen LogP contribution is 2.22.